The monoisotopic (exact) mass is 250 g/mol. The first-order valence-corrected chi connectivity index (χ1v) is 5.59. The van der Waals surface area contributed by atoms with E-state index in [1.165, 1.54) is 12.1 Å². The third-order valence-electron chi connectivity index (χ3n) is 2.52. The predicted octanol–water partition coefficient (Wildman–Crippen LogP) is 2.00. The van der Waals surface area contributed by atoms with Crippen LogP contribution in [0.1, 0.15) is 16.8 Å². The Morgan fingerprint density at radius 3 is 2.89 bits per heavy atom. The zero-order valence-electron chi connectivity index (χ0n) is 10.2. The molecule has 0 aliphatic rings. The molecular formula is C13H15FN2O2. The van der Waals surface area contributed by atoms with Crippen molar-refractivity contribution in [2.75, 3.05) is 31.7 Å². The third kappa shape index (κ3) is 3.54. The highest BCUT2D eigenvalue weighted by atomic mass is 19.1. The van der Waals surface area contributed by atoms with Crippen molar-refractivity contribution >= 4 is 12.0 Å². The summed E-state index contributed by atoms with van der Waals surface area (Å²) in [5.74, 6) is -0.464. The van der Waals surface area contributed by atoms with Crippen molar-refractivity contribution in [1.29, 1.82) is 5.26 Å². The minimum Gasteiger partial charge on any atom is -0.383 e. The van der Waals surface area contributed by atoms with Gasteiger partial charge in [-0.2, -0.15) is 5.26 Å². The summed E-state index contributed by atoms with van der Waals surface area (Å²) in [5.41, 5.74) is 0.517. The van der Waals surface area contributed by atoms with E-state index in [-0.39, 0.29) is 17.7 Å². The second kappa shape index (κ2) is 7.41. The van der Waals surface area contributed by atoms with Crippen LogP contribution in [0.2, 0.25) is 0 Å². The Bertz CT molecular complexity index is 443. The molecule has 5 heteroatoms. The fourth-order valence-corrected chi connectivity index (χ4v) is 1.68. The molecule has 0 aliphatic carbocycles. The molecule has 0 amide bonds. The summed E-state index contributed by atoms with van der Waals surface area (Å²) < 4.78 is 18.8. The van der Waals surface area contributed by atoms with Crippen LogP contribution < -0.4 is 4.90 Å². The topological polar surface area (TPSA) is 53.3 Å². The lowest BCUT2D eigenvalue weighted by Crippen LogP contribution is -2.30. The van der Waals surface area contributed by atoms with Gasteiger partial charge in [-0.05, 0) is 12.1 Å². The third-order valence-corrected chi connectivity index (χ3v) is 2.52. The molecule has 4 nitrogen and oxygen atoms in total. The number of methoxy groups -OCH3 is 1. The number of carbonyl (C=O) groups excluding carboxylic acids is 1. The molecule has 0 aliphatic heterocycles. The number of benzene rings is 1. The van der Waals surface area contributed by atoms with E-state index in [1.807, 2.05) is 6.07 Å². The molecule has 0 heterocycles. The molecule has 0 atom stereocenters. The molecule has 0 aromatic heterocycles. The van der Waals surface area contributed by atoms with E-state index in [1.54, 1.807) is 18.1 Å². The number of halogens is 1. The molecular weight excluding hydrogens is 235 g/mol. The van der Waals surface area contributed by atoms with Gasteiger partial charge in [0.15, 0.2) is 6.29 Å². The first kappa shape index (κ1) is 14.1. The number of rotatable bonds is 7. The Labute approximate surface area is 106 Å². The average Bonchev–Trinajstić information content (AvgIpc) is 2.39. The quantitative estimate of drug-likeness (QED) is 0.694. The maximum absolute atomic E-state index is 13.8. The van der Waals surface area contributed by atoms with Gasteiger partial charge in [-0.3, -0.25) is 4.79 Å². The van der Waals surface area contributed by atoms with Gasteiger partial charge in [0.1, 0.15) is 5.82 Å². The Kier molecular flexibility index (Phi) is 5.81. The maximum atomic E-state index is 13.8. The molecule has 0 spiro atoms. The lowest BCUT2D eigenvalue weighted by Gasteiger charge is -2.25. The highest BCUT2D eigenvalue weighted by molar-refractivity contribution is 5.84. The largest absolute Gasteiger partial charge is 0.383 e. The van der Waals surface area contributed by atoms with Gasteiger partial charge in [0.05, 0.1) is 24.8 Å². The number of ether oxygens (including phenoxy) is 1. The number of carbonyl (C=O) groups is 1. The van der Waals surface area contributed by atoms with E-state index in [9.17, 15) is 9.18 Å². The molecule has 0 fully saturated rings. The second-order valence-electron chi connectivity index (χ2n) is 3.68. The van der Waals surface area contributed by atoms with Crippen molar-refractivity contribution in [3.8, 4) is 6.07 Å². The first-order chi connectivity index (χ1) is 8.74. The summed E-state index contributed by atoms with van der Waals surface area (Å²) in [5, 5.41) is 8.61. The van der Waals surface area contributed by atoms with Crippen LogP contribution in [0.5, 0.6) is 0 Å². The van der Waals surface area contributed by atoms with Crippen molar-refractivity contribution in [3.63, 3.8) is 0 Å². The van der Waals surface area contributed by atoms with Crippen molar-refractivity contribution in [2.24, 2.45) is 0 Å². The van der Waals surface area contributed by atoms with E-state index < -0.39 is 5.82 Å². The lowest BCUT2D eigenvalue weighted by molar-refractivity contribution is 0.112. The van der Waals surface area contributed by atoms with Crippen molar-refractivity contribution in [2.45, 2.75) is 6.42 Å². The molecule has 18 heavy (non-hydrogen) atoms. The Morgan fingerprint density at radius 2 is 2.28 bits per heavy atom. The van der Waals surface area contributed by atoms with Gasteiger partial charge in [-0.1, -0.05) is 6.07 Å². The van der Waals surface area contributed by atoms with Gasteiger partial charge in [0, 0.05) is 25.8 Å². The second-order valence-corrected chi connectivity index (χ2v) is 3.68. The van der Waals surface area contributed by atoms with Crippen LogP contribution >= 0.6 is 0 Å². The Morgan fingerprint density at radius 1 is 1.50 bits per heavy atom. The molecule has 0 N–H and O–H groups in total. The van der Waals surface area contributed by atoms with E-state index in [0.717, 1.165) is 0 Å². The van der Waals surface area contributed by atoms with Gasteiger partial charge in [-0.25, -0.2) is 4.39 Å². The van der Waals surface area contributed by atoms with Gasteiger partial charge < -0.3 is 9.64 Å². The van der Waals surface area contributed by atoms with Crippen molar-refractivity contribution in [3.05, 3.63) is 29.6 Å². The molecule has 1 aromatic rings. The van der Waals surface area contributed by atoms with Crippen LogP contribution in [0, 0.1) is 17.1 Å². The maximum Gasteiger partial charge on any atom is 0.152 e. The molecule has 1 aromatic carbocycles. The van der Waals surface area contributed by atoms with Crippen LogP contribution in [0.25, 0.3) is 0 Å². The first-order valence-electron chi connectivity index (χ1n) is 5.59. The van der Waals surface area contributed by atoms with Crippen molar-refractivity contribution < 1.29 is 13.9 Å². The number of anilines is 1. The number of hydrogen-bond acceptors (Lipinski definition) is 4. The van der Waals surface area contributed by atoms with Crippen LogP contribution in [0.15, 0.2) is 18.2 Å². The van der Waals surface area contributed by atoms with Gasteiger partial charge in [-0.15, -0.1) is 0 Å². The molecule has 1 rings (SSSR count). The average molecular weight is 250 g/mol. The lowest BCUT2D eigenvalue weighted by atomic mass is 10.1. The Balaban J connectivity index is 3.02. The zero-order chi connectivity index (χ0) is 13.4. The van der Waals surface area contributed by atoms with Gasteiger partial charge in [0.2, 0.25) is 0 Å². The normalized spacial score (nSPS) is 9.83. The standard InChI is InChI=1S/C13H15FN2O2/c1-18-9-8-16(7-3-6-15)13-11(10-17)4-2-5-12(13)14/h2,4-5,10H,3,7-9H2,1H3. The fraction of sp³-hybridized carbons (Fsp3) is 0.385. The summed E-state index contributed by atoms with van der Waals surface area (Å²) in [6.45, 7) is 1.19. The van der Waals surface area contributed by atoms with E-state index in [0.29, 0.717) is 26.0 Å². The number of nitriles is 1. The van der Waals surface area contributed by atoms with E-state index in [4.69, 9.17) is 10.00 Å². The molecule has 96 valence electrons. The highest BCUT2D eigenvalue weighted by Gasteiger charge is 2.15. The van der Waals surface area contributed by atoms with E-state index >= 15 is 0 Å². The SMILES string of the molecule is COCCN(CCC#N)c1c(F)cccc1C=O. The summed E-state index contributed by atoms with van der Waals surface area (Å²) >= 11 is 0. The van der Waals surface area contributed by atoms with Crippen LogP contribution in [-0.4, -0.2) is 33.1 Å². The summed E-state index contributed by atoms with van der Waals surface area (Å²) in [6.07, 6.45) is 0.876. The molecule has 0 unspecified atom stereocenters. The van der Waals surface area contributed by atoms with Gasteiger partial charge in [0.25, 0.3) is 0 Å². The molecule has 0 radical (unpaired) electrons. The smallest absolute Gasteiger partial charge is 0.152 e. The van der Waals surface area contributed by atoms with E-state index in [2.05, 4.69) is 0 Å². The molecule has 0 saturated carbocycles. The number of para-hydroxylation sites is 1. The minimum atomic E-state index is -0.464. The number of aldehydes is 1. The summed E-state index contributed by atoms with van der Waals surface area (Å²) in [4.78, 5) is 12.6. The number of nitrogens with zero attached hydrogens (tertiary/aromatic N) is 2. The van der Waals surface area contributed by atoms with Gasteiger partial charge >= 0.3 is 0 Å². The zero-order valence-corrected chi connectivity index (χ0v) is 10.2. The van der Waals surface area contributed by atoms with Crippen LogP contribution in [0.3, 0.4) is 0 Å². The van der Waals surface area contributed by atoms with Crippen molar-refractivity contribution in [1.82, 2.24) is 0 Å². The van der Waals surface area contributed by atoms with Crippen LogP contribution in [-0.2, 0) is 4.74 Å². The summed E-state index contributed by atoms with van der Waals surface area (Å²) in [7, 11) is 1.55. The number of hydrogen-bond donors (Lipinski definition) is 0. The highest BCUT2D eigenvalue weighted by Crippen LogP contribution is 2.23. The predicted molar refractivity (Wildman–Crippen MR) is 66.1 cm³/mol. The Hall–Kier alpha value is -1.93. The summed E-state index contributed by atoms with van der Waals surface area (Å²) in [6, 6.07) is 6.35. The van der Waals surface area contributed by atoms with Crippen LogP contribution in [0.4, 0.5) is 10.1 Å². The molecule has 0 saturated heterocycles. The minimum absolute atomic E-state index is 0.236. The molecule has 0 bridgehead atoms. The fourth-order valence-electron chi connectivity index (χ4n) is 1.68.